The average molecular weight is 255 g/mol. The highest BCUT2D eigenvalue weighted by atomic mass is 35.5. The summed E-state index contributed by atoms with van der Waals surface area (Å²) in [5.74, 6) is 0.585. The molecule has 0 spiro atoms. The fraction of sp³-hybridized carbons (Fsp3) is 0.571. The van der Waals surface area contributed by atoms with Gasteiger partial charge in [0.1, 0.15) is 0 Å². The lowest BCUT2D eigenvalue weighted by atomic mass is 10.0. The van der Waals surface area contributed by atoms with E-state index in [4.69, 9.17) is 17.3 Å². The minimum atomic E-state index is 0.450. The third-order valence-electron chi connectivity index (χ3n) is 3.41. The van der Waals surface area contributed by atoms with Gasteiger partial charge in [-0.15, -0.1) is 0 Å². The first-order chi connectivity index (χ1) is 7.99. The predicted molar refractivity (Wildman–Crippen MR) is 76.9 cm³/mol. The Hall–Kier alpha value is -0.730. The smallest absolute Gasteiger partial charge is 0.0642 e. The minimum Gasteiger partial charge on any atom is -0.370 e. The molecule has 0 heterocycles. The number of nitrogens with two attached hydrogens (primary N) is 1. The Labute approximate surface area is 110 Å². The Balaban J connectivity index is 3.10. The molecule has 1 aromatic rings. The zero-order valence-corrected chi connectivity index (χ0v) is 12.0. The van der Waals surface area contributed by atoms with Crippen molar-refractivity contribution < 1.29 is 0 Å². The molecule has 0 aliphatic heterocycles. The van der Waals surface area contributed by atoms with Crippen LogP contribution in [0.3, 0.4) is 0 Å². The summed E-state index contributed by atoms with van der Waals surface area (Å²) in [6.45, 7) is 7.32. The van der Waals surface area contributed by atoms with E-state index in [1.54, 1.807) is 0 Å². The van der Waals surface area contributed by atoms with Gasteiger partial charge >= 0.3 is 0 Å². The van der Waals surface area contributed by atoms with Gasteiger partial charge < -0.3 is 10.6 Å². The zero-order valence-electron chi connectivity index (χ0n) is 11.2. The molecule has 2 N–H and O–H groups in total. The minimum absolute atomic E-state index is 0.450. The van der Waals surface area contributed by atoms with E-state index in [0.29, 0.717) is 18.5 Å². The summed E-state index contributed by atoms with van der Waals surface area (Å²) in [7, 11) is 2.10. The average Bonchev–Trinajstić information content (AvgIpc) is 2.28. The third-order valence-corrected chi connectivity index (χ3v) is 3.72. The Kier molecular flexibility index (Phi) is 5.29. The van der Waals surface area contributed by atoms with Crippen molar-refractivity contribution in [2.75, 3.05) is 18.5 Å². The molecule has 0 saturated heterocycles. The monoisotopic (exact) mass is 254 g/mol. The molecule has 96 valence electrons. The number of para-hydroxylation sites is 1. The molecule has 17 heavy (non-hydrogen) atoms. The van der Waals surface area contributed by atoms with Crippen molar-refractivity contribution >= 4 is 17.3 Å². The first kappa shape index (κ1) is 14.3. The fourth-order valence-electron chi connectivity index (χ4n) is 1.96. The Morgan fingerprint density at radius 3 is 2.47 bits per heavy atom. The third kappa shape index (κ3) is 3.36. The van der Waals surface area contributed by atoms with Gasteiger partial charge in [-0.2, -0.15) is 0 Å². The van der Waals surface area contributed by atoms with Gasteiger partial charge in [-0.25, -0.2) is 0 Å². The summed E-state index contributed by atoms with van der Waals surface area (Å²) in [6.07, 6.45) is 0.866. The normalized spacial score (nSPS) is 12.9. The van der Waals surface area contributed by atoms with Gasteiger partial charge in [0.05, 0.1) is 10.7 Å². The molecule has 0 aliphatic carbocycles. The highest BCUT2D eigenvalue weighted by Gasteiger charge is 2.18. The molecule has 0 aromatic heterocycles. The summed E-state index contributed by atoms with van der Waals surface area (Å²) < 4.78 is 0. The van der Waals surface area contributed by atoms with Crippen LogP contribution >= 0.6 is 11.6 Å². The van der Waals surface area contributed by atoms with Crippen molar-refractivity contribution in [1.29, 1.82) is 0 Å². The van der Waals surface area contributed by atoms with Gasteiger partial charge in [-0.3, -0.25) is 0 Å². The van der Waals surface area contributed by atoms with Crippen LogP contribution in [0.25, 0.3) is 0 Å². The molecule has 1 rings (SSSR count). The molecule has 1 aromatic carbocycles. The quantitative estimate of drug-likeness (QED) is 0.874. The molecular formula is C14H23ClN2. The first-order valence-electron chi connectivity index (χ1n) is 6.19. The Bertz CT molecular complexity index is 363. The van der Waals surface area contributed by atoms with Crippen LogP contribution in [0.1, 0.15) is 26.3 Å². The first-order valence-corrected chi connectivity index (χ1v) is 6.57. The van der Waals surface area contributed by atoms with E-state index >= 15 is 0 Å². The van der Waals surface area contributed by atoms with Crippen molar-refractivity contribution in [2.45, 2.75) is 33.2 Å². The topological polar surface area (TPSA) is 29.3 Å². The molecule has 3 heteroatoms. The predicted octanol–water partition coefficient (Wildman–Crippen LogP) is 3.32. The standard InChI is InChI=1S/C14H23ClN2/c1-10(2)11(3)17(4)14-12(8-9-16)6-5-7-13(14)15/h5-7,10-11H,8-9,16H2,1-4H3. The second-order valence-electron chi connectivity index (χ2n) is 4.88. The van der Waals surface area contributed by atoms with Crippen molar-refractivity contribution in [2.24, 2.45) is 11.7 Å². The Morgan fingerprint density at radius 1 is 1.29 bits per heavy atom. The summed E-state index contributed by atoms with van der Waals surface area (Å²) in [5.41, 5.74) is 8.01. The van der Waals surface area contributed by atoms with Crippen LogP contribution in [0.5, 0.6) is 0 Å². The van der Waals surface area contributed by atoms with Crippen LogP contribution in [0, 0.1) is 5.92 Å². The van der Waals surface area contributed by atoms with Gasteiger partial charge in [0.15, 0.2) is 0 Å². The SMILES string of the molecule is CC(C)C(C)N(C)c1c(Cl)cccc1CCN. The van der Waals surface area contributed by atoms with E-state index in [9.17, 15) is 0 Å². The molecule has 1 unspecified atom stereocenters. The van der Waals surface area contributed by atoms with E-state index in [1.807, 2.05) is 12.1 Å². The van der Waals surface area contributed by atoms with E-state index in [2.05, 4.69) is 38.8 Å². The molecule has 1 atom stereocenters. The molecule has 2 nitrogen and oxygen atoms in total. The summed E-state index contributed by atoms with van der Waals surface area (Å²) in [6, 6.07) is 6.49. The fourth-order valence-corrected chi connectivity index (χ4v) is 2.29. The van der Waals surface area contributed by atoms with E-state index in [1.165, 1.54) is 5.56 Å². The lowest BCUT2D eigenvalue weighted by molar-refractivity contribution is 0.505. The number of anilines is 1. The molecule has 0 radical (unpaired) electrons. The molecule has 0 bridgehead atoms. The lowest BCUT2D eigenvalue weighted by Gasteiger charge is -2.32. The number of rotatable bonds is 5. The van der Waals surface area contributed by atoms with Crippen LogP contribution < -0.4 is 10.6 Å². The van der Waals surface area contributed by atoms with Gasteiger partial charge in [-0.1, -0.05) is 37.6 Å². The number of nitrogens with zero attached hydrogens (tertiary/aromatic N) is 1. The van der Waals surface area contributed by atoms with Crippen molar-refractivity contribution in [1.82, 2.24) is 0 Å². The van der Waals surface area contributed by atoms with E-state index < -0.39 is 0 Å². The van der Waals surface area contributed by atoms with Crippen molar-refractivity contribution in [3.05, 3.63) is 28.8 Å². The summed E-state index contributed by atoms with van der Waals surface area (Å²) in [5, 5.41) is 0.811. The van der Waals surface area contributed by atoms with Gasteiger partial charge in [-0.05, 0) is 37.4 Å². The van der Waals surface area contributed by atoms with Crippen molar-refractivity contribution in [3.8, 4) is 0 Å². The van der Waals surface area contributed by atoms with E-state index in [-0.39, 0.29) is 0 Å². The number of hydrogen-bond acceptors (Lipinski definition) is 2. The lowest BCUT2D eigenvalue weighted by Crippen LogP contribution is -2.34. The maximum absolute atomic E-state index is 6.33. The summed E-state index contributed by atoms with van der Waals surface area (Å²) in [4.78, 5) is 2.26. The molecule has 0 saturated carbocycles. The molecule has 0 aliphatic rings. The number of halogens is 1. The zero-order chi connectivity index (χ0) is 13.0. The van der Waals surface area contributed by atoms with E-state index in [0.717, 1.165) is 17.1 Å². The Morgan fingerprint density at radius 2 is 1.94 bits per heavy atom. The molecular weight excluding hydrogens is 232 g/mol. The molecule has 0 amide bonds. The summed E-state index contributed by atoms with van der Waals surface area (Å²) >= 11 is 6.33. The number of hydrogen-bond donors (Lipinski definition) is 1. The highest BCUT2D eigenvalue weighted by molar-refractivity contribution is 6.33. The number of benzene rings is 1. The van der Waals surface area contributed by atoms with Crippen LogP contribution in [0.4, 0.5) is 5.69 Å². The van der Waals surface area contributed by atoms with Crippen LogP contribution in [0.2, 0.25) is 5.02 Å². The highest BCUT2D eigenvalue weighted by Crippen LogP contribution is 2.31. The second-order valence-corrected chi connectivity index (χ2v) is 5.29. The largest absolute Gasteiger partial charge is 0.370 e. The van der Waals surface area contributed by atoms with Crippen molar-refractivity contribution in [3.63, 3.8) is 0 Å². The van der Waals surface area contributed by atoms with Gasteiger partial charge in [0, 0.05) is 13.1 Å². The van der Waals surface area contributed by atoms with Gasteiger partial charge in [0.25, 0.3) is 0 Å². The van der Waals surface area contributed by atoms with Crippen LogP contribution in [0.15, 0.2) is 18.2 Å². The maximum atomic E-state index is 6.33. The van der Waals surface area contributed by atoms with Crippen LogP contribution in [-0.4, -0.2) is 19.6 Å². The van der Waals surface area contributed by atoms with Gasteiger partial charge in [0.2, 0.25) is 0 Å². The van der Waals surface area contributed by atoms with Crippen LogP contribution in [-0.2, 0) is 6.42 Å². The molecule has 0 fully saturated rings. The second kappa shape index (κ2) is 6.27. The maximum Gasteiger partial charge on any atom is 0.0642 e.